The molecule has 0 bridgehead atoms. The van der Waals surface area contributed by atoms with Gasteiger partial charge in [0.25, 0.3) is 0 Å². The van der Waals surface area contributed by atoms with E-state index in [-0.39, 0.29) is 0 Å². The first kappa shape index (κ1) is 9.99. The zero-order valence-corrected chi connectivity index (χ0v) is 9.08. The number of hydrogen-bond acceptors (Lipinski definition) is 2. The van der Waals surface area contributed by atoms with E-state index in [0.717, 1.165) is 23.6 Å². The van der Waals surface area contributed by atoms with E-state index in [2.05, 4.69) is 23.5 Å². The molecular formula is C13H15NO. The maximum absolute atomic E-state index is 5.71. The number of benzene rings is 1. The Morgan fingerprint density at radius 1 is 1.20 bits per heavy atom. The van der Waals surface area contributed by atoms with Gasteiger partial charge in [-0.1, -0.05) is 30.3 Å². The Bertz CT molecular complexity index is 431. The van der Waals surface area contributed by atoms with Gasteiger partial charge >= 0.3 is 0 Å². The van der Waals surface area contributed by atoms with Crippen molar-refractivity contribution in [3.05, 3.63) is 47.7 Å². The largest absolute Gasteiger partial charge is 0.461 e. The summed E-state index contributed by atoms with van der Waals surface area (Å²) < 4.78 is 5.71. The van der Waals surface area contributed by atoms with Gasteiger partial charge in [0, 0.05) is 17.7 Å². The Hall–Kier alpha value is -1.54. The molecule has 0 amide bonds. The van der Waals surface area contributed by atoms with Gasteiger partial charge in [-0.15, -0.1) is 0 Å². The molecular weight excluding hydrogens is 186 g/mol. The SMILES string of the molecule is CNCc1cc(-c2ccccc2)oc1C. The molecule has 0 saturated carbocycles. The summed E-state index contributed by atoms with van der Waals surface area (Å²) in [4.78, 5) is 0. The summed E-state index contributed by atoms with van der Waals surface area (Å²) in [5.74, 6) is 1.93. The number of hydrogen-bond donors (Lipinski definition) is 1. The lowest BCUT2D eigenvalue weighted by Crippen LogP contribution is -2.04. The Labute approximate surface area is 89.9 Å². The highest BCUT2D eigenvalue weighted by atomic mass is 16.3. The second kappa shape index (κ2) is 4.32. The lowest BCUT2D eigenvalue weighted by atomic mass is 10.1. The third kappa shape index (κ3) is 2.10. The number of aryl methyl sites for hydroxylation is 1. The molecule has 2 nitrogen and oxygen atoms in total. The van der Waals surface area contributed by atoms with Gasteiger partial charge in [-0.05, 0) is 20.0 Å². The van der Waals surface area contributed by atoms with Crippen LogP contribution in [0.5, 0.6) is 0 Å². The van der Waals surface area contributed by atoms with Gasteiger partial charge in [0.2, 0.25) is 0 Å². The van der Waals surface area contributed by atoms with E-state index in [0.29, 0.717) is 0 Å². The maximum atomic E-state index is 5.71. The van der Waals surface area contributed by atoms with Crippen LogP contribution in [0.1, 0.15) is 11.3 Å². The summed E-state index contributed by atoms with van der Waals surface area (Å²) in [7, 11) is 1.94. The summed E-state index contributed by atoms with van der Waals surface area (Å²) >= 11 is 0. The second-order valence-electron chi connectivity index (χ2n) is 3.59. The minimum atomic E-state index is 0.849. The van der Waals surface area contributed by atoms with Crippen molar-refractivity contribution in [1.82, 2.24) is 5.32 Å². The zero-order valence-electron chi connectivity index (χ0n) is 9.08. The van der Waals surface area contributed by atoms with Crippen LogP contribution in [0.2, 0.25) is 0 Å². The third-order valence-corrected chi connectivity index (χ3v) is 2.45. The molecule has 1 aromatic carbocycles. The van der Waals surface area contributed by atoms with Crippen LogP contribution in [0.4, 0.5) is 0 Å². The van der Waals surface area contributed by atoms with Gasteiger partial charge in [-0.3, -0.25) is 0 Å². The number of furan rings is 1. The fraction of sp³-hybridized carbons (Fsp3) is 0.231. The van der Waals surface area contributed by atoms with Crippen molar-refractivity contribution in [2.45, 2.75) is 13.5 Å². The van der Waals surface area contributed by atoms with Gasteiger partial charge in [0.15, 0.2) is 0 Å². The second-order valence-corrected chi connectivity index (χ2v) is 3.59. The van der Waals surface area contributed by atoms with Crippen molar-refractivity contribution in [2.24, 2.45) is 0 Å². The van der Waals surface area contributed by atoms with Crippen molar-refractivity contribution in [2.75, 3.05) is 7.05 Å². The first-order valence-corrected chi connectivity index (χ1v) is 5.10. The molecule has 0 saturated heterocycles. The van der Waals surface area contributed by atoms with E-state index in [4.69, 9.17) is 4.42 Å². The molecule has 2 aromatic rings. The summed E-state index contributed by atoms with van der Waals surface area (Å²) in [6, 6.07) is 12.3. The topological polar surface area (TPSA) is 25.2 Å². The predicted octanol–water partition coefficient (Wildman–Crippen LogP) is 2.97. The maximum Gasteiger partial charge on any atom is 0.134 e. The van der Waals surface area contributed by atoms with E-state index < -0.39 is 0 Å². The van der Waals surface area contributed by atoms with Crippen LogP contribution in [0.15, 0.2) is 40.8 Å². The van der Waals surface area contributed by atoms with Gasteiger partial charge in [0.05, 0.1) is 0 Å². The summed E-state index contributed by atoms with van der Waals surface area (Å²) in [6.07, 6.45) is 0. The van der Waals surface area contributed by atoms with Gasteiger partial charge in [-0.2, -0.15) is 0 Å². The van der Waals surface area contributed by atoms with Crippen molar-refractivity contribution in [1.29, 1.82) is 0 Å². The van der Waals surface area contributed by atoms with Crippen LogP contribution in [0.3, 0.4) is 0 Å². The number of rotatable bonds is 3. The van der Waals surface area contributed by atoms with Crippen LogP contribution < -0.4 is 5.32 Å². The molecule has 0 aliphatic rings. The highest BCUT2D eigenvalue weighted by molar-refractivity contribution is 5.58. The molecule has 2 rings (SSSR count). The normalized spacial score (nSPS) is 10.5. The van der Waals surface area contributed by atoms with Crippen molar-refractivity contribution in [3.8, 4) is 11.3 Å². The third-order valence-electron chi connectivity index (χ3n) is 2.45. The first-order chi connectivity index (χ1) is 7.31. The van der Waals surface area contributed by atoms with Crippen LogP contribution >= 0.6 is 0 Å². The van der Waals surface area contributed by atoms with E-state index in [1.165, 1.54) is 5.56 Å². The van der Waals surface area contributed by atoms with Crippen LogP contribution in [-0.4, -0.2) is 7.05 Å². The van der Waals surface area contributed by atoms with Gasteiger partial charge in [-0.25, -0.2) is 0 Å². The molecule has 0 aliphatic carbocycles. The zero-order chi connectivity index (χ0) is 10.7. The highest BCUT2D eigenvalue weighted by Gasteiger charge is 2.07. The predicted molar refractivity (Wildman–Crippen MR) is 61.6 cm³/mol. The molecule has 0 fully saturated rings. The average molecular weight is 201 g/mol. The lowest BCUT2D eigenvalue weighted by Gasteiger charge is -1.93. The summed E-state index contributed by atoms with van der Waals surface area (Å²) in [6.45, 7) is 2.85. The molecule has 78 valence electrons. The van der Waals surface area contributed by atoms with Crippen molar-refractivity contribution >= 4 is 0 Å². The van der Waals surface area contributed by atoms with E-state index >= 15 is 0 Å². The van der Waals surface area contributed by atoms with Crippen LogP contribution in [0.25, 0.3) is 11.3 Å². The quantitative estimate of drug-likeness (QED) is 0.825. The molecule has 0 aliphatic heterocycles. The average Bonchev–Trinajstić information content (AvgIpc) is 2.63. The fourth-order valence-electron chi connectivity index (χ4n) is 1.63. The molecule has 15 heavy (non-hydrogen) atoms. The molecule has 1 aromatic heterocycles. The molecule has 2 heteroatoms. The Morgan fingerprint density at radius 2 is 1.93 bits per heavy atom. The summed E-state index contributed by atoms with van der Waals surface area (Å²) in [5.41, 5.74) is 2.35. The fourth-order valence-corrected chi connectivity index (χ4v) is 1.63. The highest BCUT2D eigenvalue weighted by Crippen LogP contribution is 2.24. The molecule has 0 atom stereocenters. The Balaban J connectivity index is 2.34. The lowest BCUT2D eigenvalue weighted by molar-refractivity contribution is 0.541. The number of nitrogens with one attached hydrogen (secondary N) is 1. The van der Waals surface area contributed by atoms with E-state index in [1.807, 2.05) is 32.2 Å². The molecule has 1 heterocycles. The van der Waals surface area contributed by atoms with Crippen LogP contribution in [-0.2, 0) is 6.54 Å². The van der Waals surface area contributed by atoms with Gasteiger partial charge in [0.1, 0.15) is 11.5 Å². The molecule has 1 N–H and O–H groups in total. The molecule has 0 spiro atoms. The standard InChI is InChI=1S/C13H15NO/c1-10-12(9-14-2)8-13(15-10)11-6-4-3-5-7-11/h3-8,14H,9H2,1-2H3. The summed E-state index contributed by atoms with van der Waals surface area (Å²) in [5, 5.41) is 3.13. The molecule has 0 unspecified atom stereocenters. The Morgan fingerprint density at radius 3 is 2.60 bits per heavy atom. The van der Waals surface area contributed by atoms with Crippen molar-refractivity contribution in [3.63, 3.8) is 0 Å². The van der Waals surface area contributed by atoms with E-state index in [9.17, 15) is 0 Å². The van der Waals surface area contributed by atoms with Gasteiger partial charge < -0.3 is 9.73 Å². The molecule has 0 radical (unpaired) electrons. The van der Waals surface area contributed by atoms with E-state index in [1.54, 1.807) is 0 Å². The minimum absolute atomic E-state index is 0.849. The smallest absolute Gasteiger partial charge is 0.134 e. The monoisotopic (exact) mass is 201 g/mol. The minimum Gasteiger partial charge on any atom is -0.461 e. The Kier molecular flexibility index (Phi) is 2.88. The van der Waals surface area contributed by atoms with Crippen LogP contribution in [0, 0.1) is 6.92 Å². The first-order valence-electron chi connectivity index (χ1n) is 5.10. The van der Waals surface area contributed by atoms with Crippen molar-refractivity contribution < 1.29 is 4.42 Å².